The lowest BCUT2D eigenvalue weighted by Gasteiger charge is -2.32. The van der Waals surface area contributed by atoms with Gasteiger partial charge in [0, 0.05) is 13.1 Å². The molecule has 0 radical (unpaired) electrons. The first kappa shape index (κ1) is 15.8. The monoisotopic (exact) mass is 295 g/mol. The normalized spacial score (nSPS) is 17.9. The summed E-state index contributed by atoms with van der Waals surface area (Å²) in [4.78, 5) is 18.1. The fraction of sp³-hybridized carbons (Fsp3) is 0.786. The van der Waals surface area contributed by atoms with E-state index in [4.69, 9.17) is 10.5 Å². The van der Waals surface area contributed by atoms with Crippen LogP contribution < -0.4 is 5.73 Å². The summed E-state index contributed by atoms with van der Waals surface area (Å²) in [6.07, 6.45) is 1.82. The van der Waals surface area contributed by atoms with Crippen LogP contribution in [-0.4, -0.2) is 50.9 Å². The lowest BCUT2D eigenvalue weighted by Crippen LogP contribution is -2.40. The number of nitrogens with zero attached hydrogens (tertiary/aromatic N) is 4. The Morgan fingerprint density at radius 2 is 2.00 bits per heavy atom. The van der Waals surface area contributed by atoms with Crippen molar-refractivity contribution in [1.29, 1.82) is 0 Å². The lowest BCUT2D eigenvalue weighted by atomic mass is 10.1. The number of rotatable bonds is 3. The third-order valence-electron chi connectivity index (χ3n) is 3.44. The predicted octanol–water partition coefficient (Wildman–Crippen LogP) is 1.15. The Bertz CT molecular complexity index is 498. The molecule has 0 bridgehead atoms. The third-order valence-corrected chi connectivity index (χ3v) is 3.44. The van der Waals surface area contributed by atoms with Gasteiger partial charge in [-0.2, -0.15) is 10.1 Å². The molecular formula is C14H25N5O2. The van der Waals surface area contributed by atoms with E-state index in [9.17, 15) is 4.79 Å². The zero-order valence-electron chi connectivity index (χ0n) is 13.3. The second kappa shape index (κ2) is 6.01. The number of hydrogen-bond donors (Lipinski definition) is 1. The number of nitrogen functional groups attached to an aromatic ring is 1. The predicted molar refractivity (Wildman–Crippen MR) is 79.7 cm³/mol. The fourth-order valence-electron chi connectivity index (χ4n) is 2.59. The van der Waals surface area contributed by atoms with Gasteiger partial charge < -0.3 is 10.5 Å². The number of ether oxygens (including phenoxy) is 1. The van der Waals surface area contributed by atoms with Crippen LogP contribution in [0.15, 0.2) is 0 Å². The Balaban J connectivity index is 1.83. The van der Waals surface area contributed by atoms with E-state index in [-0.39, 0.29) is 12.0 Å². The standard InChI is InChI=1S/C14H25N5O2/c1-10-16-13(15)19(17-10)11-5-7-18(8-6-11)9-12(20)21-14(2,3)4/h11H,5-9H2,1-4H3,(H2,15,16,17). The number of anilines is 1. The number of aromatic nitrogens is 3. The summed E-state index contributed by atoms with van der Waals surface area (Å²) in [6, 6.07) is 0.265. The Kier molecular flexibility index (Phi) is 4.51. The molecule has 1 fully saturated rings. The van der Waals surface area contributed by atoms with E-state index >= 15 is 0 Å². The van der Waals surface area contributed by atoms with Gasteiger partial charge >= 0.3 is 5.97 Å². The molecule has 1 aromatic heterocycles. The van der Waals surface area contributed by atoms with Crippen LogP contribution in [-0.2, 0) is 9.53 Å². The molecule has 0 saturated carbocycles. The maximum atomic E-state index is 11.8. The zero-order chi connectivity index (χ0) is 15.6. The molecule has 0 spiro atoms. The van der Waals surface area contributed by atoms with Crippen molar-refractivity contribution < 1.29 is 9.53 Å². The Labute approximate surface area is 125 Å². The van der Waals surface area contributed by atoms with Crippen LogP contribution in [0.4, 0.5) is 5.95 Å². The van der Waals surface area contributed by atoms with Crippen molar-refractivity contribution >= 4 is 11.9 Å². The third kappa shape index (κ3) is 4.42. The molecule has 1 aromatic rings. The van der Waals surface area contributed by atoms with Crippen LogP contribution in [0.25, 0.3) is 0 Å². The van der Waals surface area contributed by atoms with E-state index in [0.29, 0.717) is 18.3 Å². The van der Waals surface area contributed by atoms with E-state index in [1.807, 2.05) is 27.7 Å². The SMILES string of the molecule is Cc1nc(N)n(C2CCN(CC(=O)OC(C)(C)C)CC2)n1. The maximum absolute atomic E-state index is 11.8. The number of esters is 1. The first-order valence-corrected chi connectivity index (χ1v) is 7.37. The highest BCUT2D eigenvalue weighted by Crippen LogP contribution is 2.23. The molecule has 2 heterocycles. The summed E-state index contributed by atoms with van der Waals surface area (Å²) in [6.45, 7) is 9.50. The molecule has 1 aliphatic heterocycles. The van der Waals surface area contributed by atoms with Crippen molar-refractivity contribution in [2.45, 2.75) is 52.2 Å². The Morgan fingerprint density at radius 1 is 1.38 bits per heavy atom. The number of hydrogen-bond acceptors (Lipinski definition) is 6. The molecule has 0 unspecified atom stereocenters. The van der Waals surface area contributed by atoms with Gasteiger partial charge in [0.25, 0.3) is 0 Å². The molecule has 118 valence electrons. The minimum Gasteiger partial charge on any atom is -0.459 e. The van der Waals surface area contributed by atoms with Gasteiger partial charge in [-0.05, 0) is 40.5 Å². The molecule has 2 N–H and O–H groups in total. The van der Waals surface area contributed by atoms with Crippen molar-refractivity contribution in [3.63, 3.8) is 0 Å². The molecular weight excluding hydrogens is 270 g/mol. The minimum atomic E-state index is -0.428. The number of aryl methyl sites for hydroxylation is 1. The van der Waals surface area contributed by atoms with Crippen LogP contribution >= 0.6 is 0 Å². The van der Waals surface area contributed by atoms with Crippen LogP contribution in [0, 0.1) is 6.92 Å². The molecule has 0 aromatic carbocycles. The van der Waals surface area contributed by atoms with E-state index in [0.717, 1.165) is 25.9 Å². The quantitative estimate of drug-likeness (QED) is 0.842. The zero-order valence-corrected chi connectivity index (χ0v) is 13.3. The van der Waals surface area contributed by atoms with Crippen LogP contribution in [0.3, 0.4) is 0 Å². The van der Waals surface area contributed by atoms with Crippen molar-refractivity contribution in [3.05, 3.63) is 5.82 Å². The van der Waals surface area contributed by atoms with Gasteiger partial charge in [-0.1, -0.05) is 0 Å². The fourth-order valence-corrected chi connectivity index (χ4v) is 2.59. The maximum Gasteiger partial charge on any atom is 0.320 e. The summed E-state index contributed by atoms with van der Waals surface area (Å²) < 4.78 is 7.15. The van der Waals surface area contributed by atoms with Crippen LogP contribution in [0.5, 0.6) is 0 Å². The van der Waals surface area contributed by atoms with E-state index < -0.39 is 5.60 Å². The molecule has 0 aliphatic carbocycles. The number of carbonyl (C=O) groups excluding carboxylic acids is 1. The van der Waals surface area contributed by atoms with Gasteiger partial charge in [0.1, 0.15) is 11.4 Å². The van der Waals surface area contributed by atoms with Crippen LogP contribution in [0.2, 0.25) is 0 Å². The highest BCUT2D eigenvalue weighted by atomic mass is 16.6. The summed E-state index contributed by atoms with van der Waals surface area (Å²) in [5.41, 5.74) is 5.43. The highest BCUT2D eigenvalue weighted by molar-refractivity contribution is 5.72. The second-order valence-electron chi connectivity index (χ2n) is 6.56. The second-order valence-corrected chi connectivity index (χ2v) is 6.56. The van der Waals surface area contributed by atoms with Crippen molar-refractivity contribution in [2.24, 2.45) is 0 Å². The van der Waals surface area contributed by atoms with Crippen LogP contribution in [0.1, 0.15) is 45.5 Å². The first-order valence-electron chi connectivity index (χ1n) is 7.37. The van der Waals surface area contributed by atoms with Crippen molar-refractivity contribution in [2.75, 3.05) is 25.4 Å². The summed E-state index contributed by atoms with van der Waals surface area (Å²) in [7, 11) is 0. The average molecular weight is 295 g/mol. The van der Waals surface area contributed by atoms with Gasteiger partial charge in [-0.15, -0.1) is 0 Å². The topological polar surface area (TPSA) is 86.3 Å². The number of nitrogens with two attached hydrogens (primary N) is 1. The van der Waals surface area contributed by atoms with Gasteiger partial charge in [0.05, 0.1) is 12.6 Å². The highest BCUT2D eigenvalue weighted by Gasteiger charge is 2.25. The molecule has 1 saturated heterocycles. The Morgan fingerprint density at radius 3 is 2.48 bits per heavy atom. The number of carbonyl (C=O) groups is 1. The molecule has 0 amide bonds. The van der Waals surface area contributed by atoms with Crippen molar-refractivity contribution in [1.82, 2.24) is 19.7 Å². The van der Waals surface area contributed by atoms with Gasteiger partial charge in [0.15, 0.2) is 0 Å². The summed E-state index contributed by atoms with van der Waals surface area (Å²) >= 11 is 0. The lowest BCUT2D eigenvalue weighted by molar-refractivity contribution is -0.156. The minimum absolute atomic E-state index is 0.169. The van der Waals surface area contributed by atoms with Crippen molar-refractivity contribution in [3.8, 4) is 0 Å². The first-order chi connectivity index (χ1) is 9.74. The van der Waals surface area contributed by atoms with Gasteiger partial charge in [-0.3, -0.25) is 9.69 Å². The molecule has 2 rings (SSSR count). The van der Waals surface area contributed by atoms with E-state index in [1.165, 1.54) is 0 Å². The molecule has 7 nitrogen and oxygen atoms in total. The van der Waals surface area contributed by atoms with E-state index in [1.54, 1.807) is 4.68 Å². The number of likely N-dealkylation sites (tertiary alicyclic amines) is 1. The van der Waals surface area contributed by atoms with Gasteiger partial charge in [-0.25, -0.2) is 4.68 Å². The largest absolute Gasteiger partial charge is 0.459 e. The number of piperidine rings is 1. The smallest absolute Gasteiger partial charge is 0.320 e. The summed E-state index contributed by atoms with van der Waals surface area (Å²) in [5.74, 6) is 0.999. The Hall–Kier alpha value is -1.63. The van der Waals surface area contributed by atoms with E-state index in [2.05, 4.69) is 15.0 Å². The molecule has 7 heteroatoms. The van der Waals surface area contributed by atoms with Gasteiger partial charge in [0.2, 0.25) is 5.95 Å². The molecule has 0 atom stereocenters. The molecule has 1 aliphatic rings. The average Bonchev–Trinajstić information content (AvgIpc) is 2.67. The summed E-state index contributed by atoms with van der Waals surface area (Å²) in [5, 5.41) is 4.34. The molecule has 21 heavy (non-hydrogen) atoms.